The summed E-state index contributed by atoms with van der Waals surface area (Å²) in [7, 11) is -1.94. The van der Waals surface area contributed by atoms with Crippen LogP contribution < -0.4 is 10.4 Å². The number of hydrogen-bond acceptors (Lipinski definition) is 3. The van der Waals surface area contributed by atoms with Crippen molar-refractivity contribution < 1.29 is 0 Å². The molecule has 6 aromatic carbocycles. The Bertz CT molecular complexity index is 2780. The van der Waals surface area contributed by atoms with Crippen molar-refractivity contribution in [2.45, 2.75) is 13.1 Å². The van der Waals surface area contributed by atoms with Crippen molar-refractivity contribution in [1.82, 2.24) is 15.0 Å². The number of nitrogens with zero attached hydrogens (tertiary/aromatic N) is 3. The van der Waals surface area contributed by atoms with E-state index in [1.807, 2.05) is 12.3 Å². The molecule has 1 aliphatic heterocycles. The van der Waals surface area contributed by atoms with E-state index in [2.05, 4.69) is 145 Å². The minimum Gasteiger partial charge on any atom is -0.254 e. The van der Waals surface area contributed by atoms with Crippen molar-refractivity contribution >= 4 is 72.7 Å². The fourth-order valence-corrected chi connectivity index (χ4v) is 11.6. The lowest BCUT2D eigenvalue weighted by molar-refractivity contribution is 1.37. The van der Waals surface area contributed by atoms with Crippen LogP contribution in [0.4, 0.5) is 0 Å². The van der Waals surface area contributed by atoms with Crippen LogP contribution >= 0.6 is 0 Å². The summed E-state index contributed by atoms with van der Waals surface area (Å²) in [4.78, 5) is 15.4. The Morgan fingerprint density at radius 1 is 0.468 bits per heavy atom. The maximum Gasteiger partial charge on any atom is 0.114 e. The maximum atomic E-state index is 5.51. The Morgan fingerprint density at radius 3 is 2.02 bits per heavy atom. The molecule has 0 radical (unpaired) electrons. The molecule has 0 saturated heterocycles. The van der Waals surface area contributed by atoms with Crippen LogP contribution in [0.2, 0.25) is 13.1 Å². The van der Waals surface area contributed by atoms with Crippen LogP contribution in [0.3, 0.4) is 0 Å². The molecule has 0 aliphatic carbocycles. The molecule has 0 spiro atoms. The first-order chi connectivity index (χ1) is 23.1. The van der Waals surface area contributed by atoms with E-state index in [0.29, 0.717) is 0 Å². The summed E-state index contributed by atoms with van der Waals surface area (Å²) >= 11 is 0. The third-order valence-electron chi connectivity index (χ3n) is 10.3. The molecule has 0 unspecified atom stereocenters. The Hall–Kier alpha value is -5.71. The van der Waals surface area contributed by atoms with Gasteiger partial charge in [0, 0.05) is 38.9 Å². The molecule has 4 heteroatoms. The van der Waals surface area contributed by atoms with E-state index in [1.165, 1.54) is 43.0 Å². The quantitative estimate of drug-likeness (QED) is 0.144. The van der Waals surface area contributed by atoms with Gasteiger partial charge in [-0.3, -0.25) is 4.98 Å². The lowest BCUT2D eigenvalue weighted by atomic mass is 9.93. The van der Waals surface area contributed by atoms with Gasteiger partial charge in [0.25, 0.3) is 0 Å². The van der Waals surface area contributed by atoms with E-state index in [-0.39, 0.29) is 0 Å². The van der Waals surface area contributed by atoms with Gasteiger partial charge in [-0.1, -0.05) is 128 Å². The molecule has 3 nitrogen and oxygen atoms in total. The van der Waals surface area contributed by atoms with Gasteiger partial charge in [0.1, 0.15) is 8.07 Å². The molecule has 4 heterocycles. The molecule has 0 bridgehead atoms. The van der Waals surface area contributed by atoms with Gasteiger partial charge >= 0.3 is 0 Å². The number of rotatable bonds is 2. The SMILES string of the molecule is C[Si]1(C)c2ccccc2-c2ccc3nc(-c4cccc5c(-c6ccc7ccc8cccnc8c7n6)cccc45)c4ccccc4c3c21. The number of aromatic nitrogens is 3. The molecule has 0 atom stereocenters. The highest BCUT2D eigenvalue weighted by Crippen LogP contribution is 2.40. The van der Waals surface area contributed by atoms with E-state index in [9.17, 15) is 0 Å². The highest BCUT2D eigenvalue weighted by atomic mass is 28.3. The number of pyridine rings is 3. The highest BCUT2D eigenvalue weighted by molar-refractivity contribution is 7.05. The molecule has 47 heavy (non-hydrogen) atoms. The fraction of sp³-hybridized carbons (Fsp3) is 0.0465. The number of benzene rings is 6. The van der Waals surface area contributed by atoms with E-state index >= 15 is 0 Å². The van der Waals surface area contributed by atoms with E-state index in [1.54, 1.807) is 0 Å². The van der Waals surface area contributed by atoms with Crippen LogP contribution in [0, 0.1) is 0 Å². The monoisotopic (exact) mass is 615 g/mol. The largest absolute Gasteiger partial charge is 0.254 e. The second-order valence-corrected chi connectivity index (χ2v) is 17.5. The van der Waals surface area contributed by atoms with Crippen LogP contribution in [0.5, 0.6) is 0 Å². The third-order valence-corrected chi connectivity index (χ3v) is 13.8. The minimum absolute atomic E-state index is 0.928. The zero-order valence-corrected chi connectivity index (χ0v) is 27.1. The van der Waals surface area contributed by atoms with Crippen molar-refractivity contribution in [3.05, 3.63) is 140 Å². The minimum atomic E-state index is -1.94. The first-order valence-corrected chi connectivity index (χ1v) is 19.2. The second kappa shape index (κ2) is 9.65. The van der Waals surface area contributed by atoms with Crippen LogP contribution in [0.15, 0.2) is 140 Å². The summed E-state index contributed by atoms with van der Waals surface area (Å²) in [6, 6.07) is 48.2. The van der Waals surface area contributed by atoms with Gasteiger partial charge in [0.15, 0.2) is 0 Å². The van der Waals surface area contributed by atoms with Crippen LogP contribution in [0.1, 0.15) is 0 Å². The maximum absolute atomic E-state index is 5.51. The average Bonchev–Trinajstić information content (AvgIpc) is 3.36. The molecule has 0 saturated carbocycles. The van der Waals surface area contributed by atoms with Crippen molar-refractivity contribution in [2.24, 2.45) is 0 Å². The van der Waals surface area contributed by atoms with Gasteiger partial charge in [-0.15, -0.1) is 0 Å². The molecule has 10 rings (SSSR count). The molecule has 3 aromatic heterocycles. The first kappa shape index (κ1) is 26.5. The predicted octanol–water partition coefficient (Wildman–Crippen LogP) is 9.77. The van der Waals surface area contributed by atoms with Gasteiger partial charge in [-0.25, -0.2) is 9.97 Å². The van der Waals surface area contributed by atoms with Gasteiger partial charge < -0.3 is 0 Å². The predicted molar refractivity (Wildman–Crippen MR) is 200 cm³/mol. The van der Waals surface area contributed by atoms with Gasteiger partial charge in [0.05, 0.1) is 27.9 Å². The molecular formula is C43H29N3Si. The van der Waals surface area contributed by atoms with Crippen molar-refractivity contribution in [3.8, 4) is 33.6 Å². The van der Waals surface area contributed by atoms with Crippen molar-refractivity contribution in [1.29, 1.82) is 0 Å². The van der Waals surface area contributed by atoms with Gasteiger partial charge in [-0.05, 0) is 55.9 Å². The Morgan fingerprint density at radius 2 is 1.15 bits per heavy atom. The second-order valence-electron chi connectivity index (χ2n) is 13.2. The molecule has 9 aromatic rings. The topological polar surface area (TPSA) is 38.7 Å². The van der Waals surface area contributed by atoms with Crippen LogP contribution in [0.25, 0.3) is 87.9 Å². The smallest absolute Gasteiger partial charge is 0.114 e. The third kappa shape index (κ3) is 3.70. The standard InChI is InChI=1S/C43H29N3Si/c1-47(2)38-18-6-5-11-31(38)35-22-24-37-39(43(35)47)32-12-3-4-13-34(32)42(46-37)33-17-8-14-28-29(33)15-7-16-30(28)36-23-21-27-20-19-26-10-9-25-44-40(26)41(27)45-36/h3-25H,1-2H3. The van der Waals surface area contributed by atoms with E-state index in [0.717, 1.165) is 55.2 Å². The number of hydrogen-bond donors (Lipinski definition) is 0. The first-order valence-electron chi connectivity index (χ1n) is 16.2. The lowest BCUT2D eigenvalue weighted by Crippen LogP contribution is -2.49. The lowest BCUT2D eigenvalue weighted by Gasteiger charge is -2.22. The van der Waals surface area contributed by atoms with Crippen molar-refractivity contribution in [3.63, 3.8) is 0 Å². The van der Waals surface area contributed by atoms with E-state index < -0.39 is 8.07 Å². The Labute approximate surface area is 273 Å². The summed E-state index contributed by atoms with van der Waals surface area (Å²) in [5, 5.41) is 11.3. The summed E-state index contributed by atoms with van der Waals surface area (Å²) < 4.78 is 0. The summed E-state index contributed by atoms with van der Waals surface area (Å²) in [5.41, 5.74) is 9.90. The molecule has 0 amide bonds. The molecular weight excluding hydrogens is 587 g/mol. The zero-order chi connectivity index (χ0) is 31.3. The zero-order valence-electron chi connectivity index (χ0n) is 26.1. The molecule has 220 valence electrons. The summed E-state index contributed by atoms with van der Waals surface area (Å²) in [6.45, 7) is 4.98. The van der Waals surface area contributed by atoms with Crippen LogP contribution in [-0.4, -0.2) is 23.0 Å². The Balaban J connectivity index is 1.22. The van der Waals surface area contributed by atoms with Crippen LogP contribution in [-0.2, 0) is 0 Å². The van der Waals surface area contributed by atoms with Gasteiger partial charge in [0.2, 0.25) is 0 Å². The molecule has 0 fully saturated rings. The average molecular weight is 616 g/mol. The molecule has 1 aliphatic rings. The highest BCUT2D eigenvalue weighted by Gasteiger charge is 2.39. The van der Waals surface area contributed by atoms with Crippen molar-refractivity contribution in [2.75, 3.05) is 0 Å². The van der Waals surface area contributed by atoms with E-state index in [4.69, 9.17) is 9.97 Å². The summed E-state index contributed by atoms with van der Waals surface area (Å²) in [5.74, 6) is 0. The normalized spacial score (nSPS) is 13.5. The Kier molecular flexibility index (Phi) is 5.44. The fourth-order valence-electron chi connectivity index (χ4n) is 8.14. The number of fused-ring (bicyclic) bond motifs is 11. The molecule has 0 N–H and O–H groups in total. The summed E-state index contributed by atoms with van der Waals surface area (Å²) in [6.07, 6.45) is 1.84. The van der Waals surface area contributed by atoms with Gasteiger partial charge in [-0.2, -0.15) is 0 Å².